The highest BCUT2D eigenvalue weighted by atomic mass is 28.4. The lowest BCUT2D eigenvalue weighted by atomic mass is 10.4. The van der Waals surface area contributed by atoms with Crippen molar-refractivity contribution in [1.29, 1.82) is 0 Å². The quantitative estimate of drug-likeness (QED) is 0.298. The molecule has 0 aliphatic rings. The Hall–Kier alpha value is -0.693. The van der Waals surface area contributed by atoms with E-state index >= 15 is 0 Å². The summed E-state index contributed by atoms with van der Waals surface area (Å²) in [6, 6.07) is 0. The highest BCUT2D eigenvalue weighted by molar-refractivity contribution is 6.69. The van der Waals surface area contributed by atoms with Crippen molar-refractivity contribution < 1.29 is 23.4 Å². The Morgan fingerprint density at radius 3 is 1.89 bits per heavy atom. The van der Waals surface area contributed by atoms with Crippen LogP contribution < -0.4 is 0 Å². The first-order valence-electron chi connectivity index (χ1n) is 6.36. The lowest BCUT2D eigenvalue weighted by molar-refractivity contribution is -0.260. The Morgan fingerprint density at radius 1 is 1.00 bits per heavy atom. The fourth-order valence-electron chi connectivity index (χ4n) is 1.38. The third-order valence-corrected chi connectivity index (χ3v) is 2.95. The Kier molecular flexibility index (Phi) is 7.51. The summed E-state index contributed by atoms with van der Waals surface area (Å²) in [4.78, 5) is 11.3. The minimum absolute atomic E-state index is 0.333. The third kappa shape index (κ3) is 9.83. The highest BCUT2D eigenvalue weighted by Crippen LogP contribution is 2.12. The van der Waals surface area contributed by atoms with Crippen molar-refractivity contribution in [3.8, 4) is 0 Å². The highest BCUT2D eigenvalue weighted by Gasteiger charge is 2.21. The standard InChI is InChI=1S/C13H26O5Si/c1-9(2)13(14)17-11(4)15-10(3)16-12(5)18-19(6,7)8/h10-12H,1H2,2-8H3. The minimum Gasteiger partial charge on any atom is -0.433 e. The molecule has 0 aliphatic carbocycles. The topological polar surface area (TPSA) is 54.0 Å². The second-order valence-electron chi connectivity index (χ2n) is 5.39. The molecule has 0 amide bonds. The number of carbonyl (C=O) groups excluding carboxylic acids is 1. The molecule has 0 aliphatic heterocycles. The van der Waals surface area contributed by atoms with Crippen LogP contribution in [0, 0.1) is 0 Å². The molecular weight excluding hydrogens is 264 g/mol. The van der Waals surface area contributed by atoms with Crippen LogP contribution in [-0.2, 0) is 23.4 Å². The number of hydrogen-bond donors (Lipinski definition) is 0. The zero-order valence-electron chi connectivity index (χ0n) is 13.0. The van der Waals surface area contributed by atoms with Gasteiger partial charge in [0.05, 0.1) is 0 Å². The number of rotatable bonds is 8. The molecule has 0 fully saturated rings. The average molecular weight is 290 g/mol. The van der Waals surface area contributed by atoms with E-state index in [0.29, 0.717) is 5.57 Å². The van der Waals surface area contributed by atoms with Crippen LogP contribution in [0.5, 0.6) is 0 Å². The predicted molar refractivity (Wildman–Crippen MR) is 75.9 cm³/mol. The van der Waals surface area contributed by atoms with Gasteiger partial charge < -0.3 is 18.6 Å². The first-order valence-corrected chi connectivity index (χ1v) is 9.77. The SMILES string of the molecule is C=C(C)C(=O)OC(C)OC(C)OC(C)O[Si](C)(C)C. The summed E-state index contributed by atoms with van der Waals surface area (Å²) in [6.07, 6.45) is -1.58. The van der Waals surface area contributed by atoms with Crippen molar-refractivity contribution >= 4 is 14.3 Å². The number of esters is 1. The molecule has 0 saturated heterocycles. The van der Waals surface area contributed by atoms with E-state index in [2.05, 4.69) is 26.2 Å². The van der Waals surface area contributed by atoms with Gasteiger partial charge in [0.15, 0.2) is 14.6 Å². The van der Waals surface area contributed by atoms with Gasteiger partial charge in [-0.25, -0.2) is 4.79 Å². The van der Waals surface area contributed by atoms with E-state index in [4.69, 9.17) is 18.6 Å². The van der Waals surface area contributed by atoms with Crippen molar-refractivity contribution in [2.45, 2.75) is 66.2 Å². The van der Waals surface area contributed by atoms with Gasteiger partial charge in [-0.15, -0.1) is 0 Å². The fourth-order valence-corrected chi connectivity index (χ4v) is 2.43. The summed E-state index contributed by atoms with van der Waals surface area (Å²) >= 11 is 0. The second-order valence-corrected chi connectivity index (χ2v) is 9.85. The Balaban J connectivity index is 4.06. The molecule has 3 atom stereocenters. The summed E-state index contributed by atoms with van der Waals surface area (Å²) in [5.41, 5.74) is 0.333. The number of carbonyl (C=O) groups is 1. The Labute approximate surface area is 117 Å². The van der Waals surface area contributed by atoms with Gasteiger partial charge in [0.2, 0.25) is 6.29 Å². The van der Waals surface area contributed by atoms with E-state index < -0.39 is 26.9 Å². The Morgan fingerprint density at radius 2 is 1.47 bits per heavy atom. The summed E-state index contributed by atoms with van der Waals surface area (Å²) < 4.78 is 21.6. The summed E-state index contributed by atoms with van der Waals surface area (Å²) in [6.45, 7) is 16.5. The van der Waals surface area contributed by atoms with Crippen LogP contribution >= 0.6 is 0 Å². The van der Waals surface area contributed by atoms with Crippen molar-refractivity contribution in [2.75, 3.05) is 0 Å². The van der Waals surface area contributed by atoms with Gasteiger partial charge in [-0.3, -0.25) is 0 Å². The summed E-state index contributed by atoms with van der Waals surface area (Å²) in [5.74, 6) is -0.480. The van der Waals surface area contributed by atoms with Gasteiger partial charge in [-0.2, -0.15) is 0 Å². The molecule has 0 aromatic carbocycles. The molecule has 0 heterocycles. The molecule has 6 heteroatoms. The molecule has 5 nitrogen and oxygen atoms in total. The molecule has 3 unspecified atom stereocenters. The molecule has 0 bridgehead atoms. The minimum atomic E-state index is -1.65. The van der Waals surface area contributed by atoms with Crippen LogP contribution in [0.15, 0.2) is 12.2 Å². The van der Waals surface area contributed by atoms with Crippen LogP contribution in [0.3, 0.4) is 0 Å². The van der Waals surface area contributed by atoms with Crippen LogP contribution in [0.2, 0.25) is 19.6 Å². The largest absolute Gasteiger partial charge is 0.433 e. The third-order valence-electron chi connectivity index (χ3n) is 1.91. The van der Waals surface area contributed by atoms with E-state index in [1.807, 2.05) is 6.92 Å². The van der Waals surface area contributed by atoms with Crippen molar-refractivity contribution in [2.24, 2.45) is 0 Å². The van der Waals surface area contributed by atoms with Crippen molar-refractivity contribution in [3.05, 3.63) is 12.2 Å². The van der Waals surface area contributed by atoms with Gasteiger partial charge in [-0.1, -0.05) is 6.58 Å². The normalized spacial score (nSPS) is 16.6. The van der Waals surface area contributed by atoms with Gasteiger partial charge in [0, 0.05) is 5.57 Å². The van der Waals surface area contributed by atoms with Gasteiger partial charge in [0.1, 0.15) is 6.29 Å². The predicted octanol–water partition coefficient (Wildman–Crippen LogP) is 3.03. The average Bonchev–Trinajstić information content (AvgIpc) is 2.12. The van der Waals surface area contributed by atoms with Gasteiger partial charge in [-0.05, 0) is 47.3 Å². The molecule has 0 N–H and O–H groups in total. The molecule has 0 aromatic heterocycles. The molecule has 0 radical (unpaired) electrons. The van der Waals surface area contributed by atoms with Gasteiger partial charge >= 0.3 is 5.97 Å². The van der Waals surface area contributed by atoms with Crippen LogP contribution in [-0.4, -0.2) is 33.2 Å². The maximum absolute atomic E-state index is 11.3. The lowest BCUT2D eigenvalue weighted by Crippen LogP contribution is -2.35. The first-order chi connectivity index (χ1) is 8.51. The summed E-state index contributed by atoms with van der Waals surface area (Å²) in [7, 11) is -1.65. The van der Waals surface area contributed by atoms with Crippen molar-refractivity contribution in [1.82, 2.24) is 0 Å². The second kappa shape index (κ2) is 7.79. The van der Waals surface area contributed by atoms with E-state index in [1.54, 1.807) is 20.8 Å². The van der Waals surface area contributed by atoms with E-state index in [0.717, 1.165) is 0 Å². The number of ether oxygens (including phenoxy) is 3. The maximum atomic E-state index is 11.3. The molecule has 0 aromatic rings. The lowest BCUT2D eigenvalue weighted by Gasteiger charge is -2.27. The fraction of sp³-hybridized carbons (Fsp3) is 0.769. The Bertz CT molecular complexity index is 311. The molecule has 0 saturated carbocycles. The van der Waals surface area contributed by atoms with Crippen LogP contribution in [0.25, 0.3) is 0 Å². The zero-order valence-corrected chi connectivity index (χ0v) is 14.0. The molecule has 112 valence electrons. The number of hydrogen-bond acceptors (Lipinski definition) is 5. The zero-order chi connectivity index (χ0) is 15.2. The smallest absolute Gasteiger partial charge is 0.335 e. The van der Waals surface area contributed by atoms with Crippen LogP contribution in [0.4, 0.5) is 0 Å². The summed E-state index contributed by atoms with van der Waals surface area (Å²) in [5, 5.41) is 0. The van der Waals surface area contributed by atoms with Crippen LogP contribution in [0.1, 0.15) is 27.7 Å². The van der Waals surface area contributed by atoms with E-state index in [1.165, 1.54) is 0 Å². The molecule has 0 rings (SSSR count). The van der Waals surface area contributed by atoms with Gasteiger partial charge in [0.25, 0.3) is 0 Å². The molecule has 0 spiro atoms. The van der Waals surface area contributed by atoms with E-state index in [-0.39, 0.29) is 6.29 Å². The maximum Gasteiger partial charge on any atom is 0.335 e. The monoisotopic (exact) mass is 290 g/mol. The van der Waals surface area contributed by atoms with Crippen molar-refractivity contribution in [3.63, 3.8) is 0 Å². The van der Waals surface area contributed by atoms with E-state index in [9.17, 15) is 4.79 Å². The molecular formula is C13H26O5Si. The first kappa shape index (κ1) is 18.3. The molecule has 19 heavy (non-hydrogen) atoms.